The van der Waals surface area contributed by atoms with Gasteiger partial charge in [-0.15, -0.1) is 0 Å². The number of rotatable bonds is 8. The van der Waals surface area contributed by atoms with Gasteiger partial charge in [-0.2, -0.15) is 4.98 Å². The second-order valence-electron chi connectivity index (χ2n) is 7.11. The number of nitrogens with zero attached hydrogens (tertiary/aromatic N) is 3. The maximum Gasteiger partial charge on any atom is 0.229 e. The second-order valence-corrected chi connectivity index (χ2v) is 7.11. The van der Waals surface area contributed by atoms with Crippen molar-refractivity contribution in [1.82, 2.24) is 15.0 Å². The summed E-state index contributed by atoms with van der Waals surface area (Å²) >= 11 is 0. The van der Waals surface area contributed by atoms with Gasteiger partial charge in [0.25, 0.3) is 0 Å². The number of β-amino-alcohol motifs (C(OH)–C–C–N with tert-alkyl or cyclic N) is 1. The third-order valence-electron chi connectivity index (χ3n) is 4.86. The first-order valence-electron chi connectivity index (χ1n) is 9.12. The van der Waals surface area contributed by atoms with Crippen LogP contribution < -0.4 is 0 Å². The highest BCUT2D eigenvalue weighted by molar-refractivity contribution is 5.05. The largest absolute Gasteiger partial charge is 0.467 e. The highest BCUT2D eigenvalue weighted by Crippen LogP contribution is 2.39. The molecule has 1 saturated heterocycles. The predicted octanol–water partition coefficient (Wildman–Crippen LogP) is 2.30. The number of likely N-dealkylation sites (tertiary alicyclic amines) is 1. The normalized spacial score (nSPS) is 23.0. The number of furan rings is 1. The van der Waals surface area contributed by atoms with Gasteiger partial charge in [-0.1, -0.05) is 5.16 Å². The average molecular weight is 347 g/mol. The first-order chi connectivity index (χ1) is 12.3. The number of aliphatic hydroxyl groups is 1. The van der Waals surface area contributed by atoms with Gasteiger partial charge in [-0.3, -0.25) is 4.90 Å². The molecule has 1 aliphatic carbocycles. The lowest BCUT2D eigenvalue weighted by Gasteiger charge is -2.32. The van der Waals surface area contributed by atoms with E-state index in [4.69, 9.17) is 13.7 Å². The molecule has 136 valence electrons. The van der Waals surface area contributed by atoms with Crippen LogP contribution in [0.5, 0.6) is 0 Å². The maximum atomic E-state index is 10.2. The van der Waals surface area contributed by atoms with E-state index in [-0.39, 0.29) is 0 Å². The molecule has 2 aromatic heterocycles. The van der Waals surface area contributed by atoms with Crippen molar-refractivity contribution < 1.29 is 18.8 Å². The van der Waals surface area contributed by atoms with Gasteiger partial charge in [-0.05, 0) is 44.4 Å². The summed E-state index contributed by atoms with van der Waals surface area (Å²) in [5.41, 5.74) is 0. The van der Waals surface area contributed by atoms with Crippen molar-refractivity contribution in [2.45, 2.75) is 50.2 Å². The number of aromatic nitrogens is 2. The SMILES string of the molecule is O[C@H](COCc1ccco1)CN1CCC[C@H](c2noc(C3CC3)n2)C1. The van der Waals surface area contributed by atoms with Gasteiger partial charge in [0.1, 0.15) is 12.4 Å². The minimum atomic E-state index is -0.513. The highest BCUT2D eigenvalue weighted by Gasteiger charge is 2.32. The second kappa shape index (κ2) is 7.68. The Morgan fingerprint density at radius 1 is 1.32 bits per heavy atom. The Bertz CT molecular complexity index is 653. The lowest BCUT2D eigenvalue weighted by molar-refractivity contribution is 0.00104. The lowest BCUT2D eigenvalue weighted by Crippen LogP contribution is -2.41. The highest BCUT2D eigenvalue weighted by atomic mass is 16.5. The first kappa shape index (κ1) is 16.8. The Kier molecular flexibility index (Phi) is 5.14. The fourth-order valence-corrected chi connectivity index (χ4v) is 3.38. The summed E-state index contributed by atoms with van der Waals surface area (Å²) in [4.78, 5) is 6.85. The smallest absolute Gasteiger partial charge is 0.229 e. The molecule has 0 unspecified atom stereocenters. The van der Waals surface area contributed by atoms with Crippen LogP contribution in [-0.2, 0) is 11.3 Å². The van der Waals surface area contributed by atoms with Gasteiger partial charge in [0.15, 0.2) is 5.82 Å². The first-order valence-corrected chi connectivity index (χ1v) is 9.12. The molecule has 25 heavy (non-hydrogen) atoms. The Morgan fingerprint density at radius 2 is 2.24 bits per heavy atom. The third-order valence-corrected chi connectivity index (χ3v) is 4.86. The van der Waals surface area contributed by atoms with Crippen LogP contribution in [0.3, 0.4) is 0 Å². The summed E-state index contributed by atoms with van der Waals surface area (Å²) in [5, 5.41) is 14.4. The van der Waals surface area contributed by atoms with E-state index in [1.165, 1.54) is 12.8 Å². The molecule has 1 N–H and O–H groups in total. The zero-order chi connectivity index (χ0) is 17.1. The molecule has 2 fully saturated rings. The van der Waals surface area contributed by atoms with Gasteiger partial charge in [0, 0.05) is 24.9 Å². The van der Waals surface area contributed by atoms with Crippen molar-refractivity contribution in [2.24, 2.45) is 0 Å². The molecule has 7 heteroatoms. The standard InChI is InChI=1S/C18H25N3O4/c22-15(11-23-12-16-4-2-8-24-16)10-21-7-1-3-14(9-21)17-19-18(25-20-17)13-5-6-13/h2,4,8,13-15,22H,1,3,5-7,9-12H2/t14-,15-/m0/s1. The number of hydrogen-bond donors (Lipinski definition) is 1. The maximum absolute atomic E-state index is 10.2. The van der Waals surface area contributed by atoms with Crippen molar-refractivity contribution in [1.29, 1.82) is 0 Å². The Labute approximate surface area is 147 Å². The molecular formula is C18H25N3O4. The summed E-state index contributed by atoms with van der Waals surface area (Å²) in [7, 11) is 0. The molecule has 3 heterocycles. The van der Waals surface area contributed by atoms with Crippen LogP contribution in [0.25, 0.3) is 0 Å². The number of aliphatic hydroxyl groups excluding tert-OH is 1. The Balaban J connectivity index is 1.23. The minimum absolute atomic E-state index is 0.293. The van der Waals surface area contributed by atoms with Crippen LogP contribution in [0, 0.1) is 0 Å². The summed E-state index contributed by atoms with van der Waals surface area (Å²) in [6.07, 6.45) is 5.60. The van der Waals surface area contributed by atoms with Crippen molar-refractivity contribution in [2.75, 3.05) is 26.2 Å². The molecule has 7 nitrogen and oxygen atoms in total. The number of ether oxygens (including phenoxy) is 1. The van der Waals surface area contributed by atoms with Crippen LogP contribution in [0.4, 0.5) is 0 Å². The monoisotopic (exact) mass is 347 g/mol. The molecule has 0 aromatic carbocycles. The van der Waals surface area contributed by atoms with Crippen LogP contribution >= 0.6 is 0 Å². The summed E-state index contributed by atoms with van der Waals surface area (Å²) in [5.74, 6) is 3.19. The number of piperidine rings is 1. The van der Waals surface area contributed by atoms with E-state index in [0.717, 1.165) is 43.4 Å². The van der Waals surface area contributed by atoms with Gasteiger partial charge in [0.2, 0.25) is 5.89 Å². The zero-order valence-corrected chi connectivity index (χ0v) is 14.3. The van der Waals surface area contributed by atoms with E-state index < -0.39 is 6.10 Å². The predicted molar refractivity (Wildman–Crippen MR) is 89.1 cm³/mol. The van der Waals surface area contributed by atoms with Gasteiger partial charge in [-0.25, -0.2) is 0 Å². The van der Waals surface area contributed by atoms with Crippen LogP contribution in [0.2, 0.25) is 0 Å². The molecule has 2 aromatic rings. The van der Waals surface area contributed by atoms with Crippen molar-refractivity contribution in [3.8, 4) is 0 Å². The summed E-state index contributed by atoms with van der Waals surface area (Å²) in [6, 6.07) is 3.69. The molecule has 1 aliphatic heterocycles. The van der Waals surface area contributed by atoms with Crippen molar-refractivity contribution >= 4 is 0 Å². The molecule has 0 amide bonds. The molecule has 2 atom stereocenters. The van der Waals surface area contributed by atoms with Crippen LogP contribution in [0.15, 0.2) is 27.3 Å². The average Bonchev–Trinajstić information content (AvgIpc) is 3.12. The Morgan fingerprint density at radius 3 is 3.04 bits per heavy atom. The molecule has 2 aliphatic rings. The summed E-state index contributed by atoms with van der Waals surface area (Å²) < 4.78 is 16.1. The molecule has 0 spiro atoms. The van der Waals surface area contributed by atoms with Crippen molar-refractivity contribution in [3.05, 3.63) is 35.9 Å². The molecule has 0 radical (unpaired) electrons. The van der Waals surface area contributed by atoms with E-state index in [2.05, 4.69) is 15.0 Å². The molecule has 1 saturated carbocycles. The molecular weight excluding hydrogens is 322 g/mol. The summed E-state index contributed by atoms with van der Waals surface area (Å²) in [6.45, 7) is 3.13. The Hall–Kier alpha value is -1.70. The minimum Gasteiger partial charge on any atom is -0.467 e. The van der Waals surface area contributed by atoms with E-state index in [1.807, 2.05) is 12.1 Å². The lowest BCUT2D eigenvalue weighted by atomic mass is 9.97. The quantitative estimate of drug-likeness (QED) is 0.784. The van der Waals surface area contributed by atoms with Gasteiger partial charge < -0.3 is 18.8 Å². The van der Waals surface area contributed by atoms with Crippen molar-refractivity contribution in [3.63, 3.8) is 0 Å². The van der Waals surface area contributed by atoms with E-state index in [9.17, 15) is 5.11 Å². The van der Waals surface area contributed by atoms with Crippen LogP contribution in [-0.4, -0.2) is 52.5 Å². The number of hydrogen-bond acceptors (Lipinski definition) is 7. The van der Waals surface area contributed by atoms with E-state index in [1.54, 1.807) is 6.26 Å². The van der Waals surface area contributed by atoms with Crippen LogP contribution in [0.1, 0.15) is 55.0 Å². The van der Waals surface area contributed by atoms with Gasteiger partial charge in [0.05, 0.1) is 19.0 Å². The molecule has 0 bridgehead atoms. The zero-order valence-electron chi connectivity index (χ0n) is 14.3. The fraction of sp³-hybridized carbons (Fsp3) is 0.667. The van der Waals surface area contributed by atoms with E-state index >= 15 is 0 Å². The third kappa shape index (κ3) is 4.48. The molecule has 4 rings (SSSR count). The van der Waals surface area contributed by atoms with Gasteiger partial charge >= 0.3 is 0 Å². The topological polar surface area (TPSA) is 84.8 Å². The fourth-order valence-electron chi connectivity index (χ4n) is 3.38. The van der Waals surface area contributed by atoms with E-state index in [0.29, 0.717) is 31.6 Å².